The third-order valence-corrected chi connectivity index (χ3v) is 4.53. The number of aliphatic imine (C=N–C) groups is 2. The van der Waals surface area contributed by atoms with Crippen LogP contribution in [0.2, 0.25) is 0 Å². The van der Waals surface area contributed by atoms with Crippen LogP contribution in [0, 0.1) is 13.8 Å². The monoisotopic (exact) mass is 400 g/mol. The first-order valence-electron chi connectivity index (χ1n) is 9.19. The lowest BCUT2D eigenvalue weighted by molar-refractivity contribution is 0.0686. The van der Waals surface area contributed by atoms with Gasteiger partial charge < -0.3 is 10.2 Å². The van der Waals surface area contributed by atoms with Gasteiger partial charge in [0.05, 0.1) is 22.5 Å². The van der Waals surface area contributed by atoms with E-state index in [1.54, 1.807) is 36.7 Å². The number of benzene rings is 3. The summed E-state index contributed by atoms with van der Waals surface area (Å²) in [5.41, 5.74) is 5.28. The van der Waals surface area contributed by atoms with E-state index in [1.807, 2.05) is 38.1 Å². The third-order valence-electron chi connectivity index (χ3n) is 4.53. The second-order valence-electron chi connectivity index (χ2n) is 6.80. The minimum absolute atomic E-state index is 0.239. The Kier molecular flexibility index (Phi) is 6.17. The molecule has 0 atom stereocenters. The van der Waals surface area contributed by atoms with Gasteiger partial charge in [0.1, 0.15) is 0 Å². The zero-order chi connectivity index (χ0) is 21.7. The van der Waals surface area contributed by atoms with Gasteiger partial charge in [0.15, 0.2) is 0 Å². The minimum Gasteiger partial charge on any atom is -0.478 e. The Balaban J connectivity index is 1.71. The maximum Gasteiger partial charge on any atom is 0.335 e. The molecule has 2 N–H and O–H groups in total. The summed E-state index contributed by atoms with van der Waals surface area (Å²) >= 11 is 0. The van der Waals surface area contributed by atoms with Crippen LogP contribution in [0.25, 0.3) is 0 Å². The molecular weight excluding hydrogens is 380 g/mol. The van der Waals surface area contributed by atoms with Gasteiger partial charge in [-0.05, 0) is 72.5 Å². The summed E-state index contributed by atoms with van der Waals surface area (Å²) in [6.07, 6.45) is 3.44. The van der Waals surface area contributed by atoms with Crippen LogP contribution in [0.15, 0.2) is 70.6 Å². The Bertz CT molecular complexity index is 1070. The number of carboxylic acid groups (broad SMARTS) is 2. The molecule has 3 rings (SSSR count). The van der Waals surface area contributed by atoms with E-state index in [2.05, 4.69) is 9.98 Å². The fourth-order valence-corrected chi connectivity index (χ4v) is 2.82. The van der Waals surface area contributed by atoms with E-state index in [0.717, 1.165) is 22.3 Å². The number of hydrogen-bond donors (Lipinski definition) is 2. The summed E-state index contributed by atoms with van der Waals surface area (Å²) in [6.45, 7) is 3.65. The summed E-state index contributed by atoms with van der Waals surface area (Å²) in [7, 11) is 0. The van der Waals surface area contributed by atoms with Gasteiger partial charge in [0.2, 0.25) is 0 Å². The van der Waals surface area contributed by atoms with Crippen molar-refractivity contribution >= 4 is 35.7 Å². The summed E-state index contributed by atoms with van der Waals surface area (Å²) < 4.78 is 0. The van der Waals surface area contributed by atoms with Crippen molar-refractivity contribution in [2.75, 3.05) is 0 Å². The van der Waals surface area contributed by atoms with Crippen LogP contribution in [0.1, 0.15) is 43.0 Å². The maximum atomic E-state index is 11.0. The first-order valence-corrected chi connectivity index (χ1v) is 9.19. The molecule has 0 radical (unpaired) electrons. The zero-order valence-electron chi connectivity index (χ0n) is 16.5. The molecule has 6 nitrogen and oxygen atoms in total. The smallest absolute Gasteiger partial charge is 0.335 e. The second-order valence-corrected chi connectivity index (χ2v) is 6.80. The van der Waals surface area contributed by atoms with Crippen molar-refractivity contribution in [3.05, 3.63) is 94.0 Å². The Morgan fingerprint density at radius 1 is 0.667 bits per heavy atom. The van der Waals surface area contributed by atoms with Gasteiger partial charge in [0, 0.05) is 12.4 Å². The van der Waals surface area contributed by atoms with Crippen molar-refractivity contribution in [2.24, 2.45) is 9.98 Å². The van der Waals surface area contributed by atoms with E-state index < -0.39 is 11.9 Å². The SMILES string of the molecule is Cc1cc(C(=O)O)ccc1N=Cc1ccc(C=Nc2ccc(C(=O)O)cc2C)cc1. The quantitative estimate of drug-likeness (QED) is 0.555. The van der Waals surface area contributed by atoms with Crippen LogP contribution < -0.4 is 0 Å². The van der Waals surface area contributed by atoms with Crippen LogP contribution in [0.4, 0.5) is 11.4 Å². The van der Waals surface area contributed by atoms with Gasteiger partial charge in [-0.15, -0.1) is 0 Å². The molecule has 0 aromatic heterocycles. The molecule has 0 aliphatic rings. The number of nitrogens with zero attached hydrogens (tertiary/aromatic N) is 2. The van der Waals surface area contributed by atoms with E-state index in [-0.39, 0.29) is 11.1 Å². The second kappa shape index (κ2) is 8.96. The summed E-state index contributed by atoms with van der Waals surface area (Å²) in [5.74, 6) is -1.92. The van der Waals surface area contributed by atoms with Crippen molar-refractivity contribution in [3.63, 3.8) is 0 Å². The molecule has 0 aliphatic heterocycles. The zero-order valence-corrected chi connectivity index (χ0v) is 16.5. The Hall–Kier alpha value is -4.06. The molecule has 3 aromatic carbocycles. The number of aromatic carboxylic acids is 2. The van der Waals surface area contributed by atoms with Crippen LogP contribution in [-0.2, 0) is 0 Å². The number of carbonyl (C=O) groups is 2. The van der Waals surface area contributed by atoms with Crippen molar-refractivity contribution in [2.45, 2.75) is 13.8 Å². The van der Waals surface area contributed by atoms with E-state index in [9.17, 15) is 9.59 Å². The molecule has 0 fully saturated rings. The highest BCUT2D eigenvalue weighted by atomic mass is 16.4. The fourth-order valence-electron chi connectivity index (χ4n) is 2.82. The maximum absolute atomic E-state index is 11.0. The molecule has 0 aliphatic carbocycles. The predicted molar refractivity (Wildman–Crippen MR) is 117 cm³/mol. The summed E-state index contributed by atoms with van der Waals surface area (Å²) in [4.78, 5) is 30.9. The predicted octanol–water partition coefficient (Wildman–Crippen LogP) is 5.20. The first kappa shape index (κ1) is 20.7. The Morgan fingerprint density at radius 3 is 1.33 bits per heavy atom. The molecule has 0 bridgehead atoms. The van der Waals surface area contributed by atoms with E-state index in [1.165, 1.54) is 12.1 Å². The highest BCUT2D eigenvalue weighted by Gasteiger charge is 2.05. The van der Waals surface area contributed by atoms with Crippen molar-refractivity contribution < 1.29 is 19.8 Å². The third kappa shape index (κ3) is 5.05. The van der Waals surface area contributed by atoms with Crippen LogP contribution >= 0.6 is 0 Å². The Labute approximate surface area is 173 Å². The lowest BCUT2D eigenvalue weighted by Crippen LogP contribution is -1.96. The molecule has 0 unspecified atom stereocenters. The minimum atomic E-state index is -0.959. The standard InChI is InChI=1S/C24H20N2O4/c1-15-11-19(23(27)28)7-9-21(15)25-13-17-3-5-18(6-4-17)14-26-22-10-8-20(24(29)30)12-16(22)2/h3-14H,1-2H3,(H,27,28)(H,29,30). The van der Waals surface area contributed by atoms with Gasteiger partial charge in [0.25, 0.3) is 0 Å². The van der Waals surface area contributed by atoms with E-state index in [0.29, 0.717) is 11.4 Å². The van der Waals surface area contributed by atoms with Gasteiger partial charge >= 0.3 is 11.9 Å². The van der Waals surface area contributed by atoms with Crippen LogP contribution in [-0.4, -0.2) is 34.6 Å². The number of carboxylic acids is 2. The fraction of sp³-hybridized carbons (Fsp3) is 0.0833. The van der Waals surface area contributed by atoms with Gasteiger partial charge in [-0.3, -0.25) is 9.98 Å². The summed E-state index contributed by atoms with van der Waals surface area (Å²) in [5, 5.41) is 18.1. The largest absolute Gasteiger partial charge is 0.478 e. The lowest BCUT2D eigenvalue weighted by atomic mass is 10.1. The average molecular weight is 400 g/mol. The van der Waals surface area contributed by atoms with Gasteiger partial charge in [-0.2, -0.15) is 0 Å². The van der Waals surface area contributed by atoms with Crippen molar-refractivity contribution in [1.82, 2.24) is 0 Å². The average Bonchev–Trinajstić information content (AvgIpc) is 2.72. The molecule has 0 heterocycles. The highest BCUT2D eigenvalue weighted by Crippen LogP contribution is 2.21. The van der Waals surface area contributed by atoms with Gasteiger partial charge in [-0.1, -0.05) is 24.3 Å². The lowest BCUT2D eigenvalue weighted by Gasteiger charge is -2.02. The molecular formula is C24H20N2O4. The van der Waals surface area contributed by atoms with Crippen molar-refractivity contribution in [1.29, 1.82) is 0 Å². The molecule has 30 heavy (non-hydrogen) atoms. The number of aryl methyl sites for hydroxylation is 2. The van der Waals surface area contributed by atoms with Crippen LogP contribution in [0.3, 0.4) is 0 Å². The summed E-state index contributed by atoms with van der Waals surface area (Å²) in [6, 6.07) is 17.3. The van der Waals surface area contributed by atoms with Crippen LogP contribution in [0.5, 0.6) is 0 Å². The van der Waals surface area contributed by atoms with E-state index in [4.69, 9.17) is 10.2 Å². The first-order chi connectivity index (χ1) is 14.3. The molecule has 3 aromatic rings. The van der Waals surface area contributed by atoms with E-state index >= 15 is 0 Å². The van der Waals surface area contributed by atoms with Gasteiger partial charge in [-0.25, -0.2) is 9.59 Å². The Morgan fingerprint density at radius 2 is 1.03 bits per heavy atom. The molecule has 0 saturated heterocycles. The number of rotatable bonds is 6. The highest BCUT2D eigenvalue weighted by molar-refractivity contribution is 5.90. The molecule has 0 spiro atoms. The topological polar surface area (TPSA) is 99.3 Å². The molecule has 6 heteroatoms. The molecule has 0 saturated carbocycles. The molecule has 0 amide bonds. The van der Waals surface area contributed by atoms with Crippen molar-refractivity contribution in [3.8, 4) is 0 Å². The molecule has 150 valence electrons. The normalized spacial score (nSPS) is 11.3. The number of hydrogen-bond acceptors (Lipinski definition) is 4.